The zero-order valence-electron chi connectivity index (χ0n) is 6.93. The molecule has 1 rings (SSSR count). The van der Waals surface area contributed by atoms with E-state index in [1.54, 1.807) is 4.90 Å². The van der Waals surface area contributed by atoms with Crippen LogP contribution >= 0.6 is 12.4 Å². The van der Waals surface area contributed by atoms with E-state index in [0.717, 1.165) is 0 Å². The minimum absolute atomic E-state index is 0. The van der Waals surface area contributed by atoms with Gasteiger partial charge >= 0.3 is 5.97 Å². The molecule has 5 heteroatoms. The van der Waals surface area contributed by atoms with E-state index in [0.29, 0.717) is 19.5 Å². The second kappa shape index (κ2) is 4.64. The minimum Gasteiger partial charge on any atom is -0.480 e. The van der Waals surface area contributed by atoms with Crippen LogP contribution in [0.15, 0.2) is 0 Å². The highest BCUT2D eigenvalue weighted by Gasteiger charge is 2.37. The average Bonchev–Trinajstić information content (AvgIpc) is 2.30. The van der Waals surface area contributed by atoms with Gasteiger partial charge in [-0.05, 0) is 13.0 Å². The smallest absolute Gasteiger partial charge is 0.323 e. The molecule has 0 bridgehead atoms. The number of aliphatic carboxylic acids is 1. The fraction of sp³-hybridized carbons (Fsp3) is 0.857. The fourth-order valence-electron chi connectivity index (χ4n) is 1.51. The third-order valence-corrected chi connectivity index (χ3v) is 2.13. The summed E-state index contributed by atoms with van der Waals surface area (Å²) in [6, 6.07) is -0.681. The van der Waals surface area contributed by atoms with Gasteiger partial charge in [-0.15, -0.1) is 12.4 Å². The van der Waals surface area contributed by atoms with Gasteiger partial charge in [0.2, 0.25) is 0 Å². The first-order chi connectivity index (χ1) is 5.16. The molecule has 0 aromatic heterocycles. The van der Waals surface area contributed by atoms with E-state index >= 15 is 0 Å². The van der Waals surface area contributed by atoms with Gasteiger partial charge in [0, 0.05) is 6.54 Å². The van der Waals surface area contributed by atoms with Crippen molar-refractivity contribution in [1.82, 2.24) is 4.90 Å². The molecule has 4 nitrogen and oxygen atoms in total. The van der Waals surface area contributed by atoms with E-state index in [9.17, 15) is 9.90 Å². The molecule has 72 valence electrons. The van der Waals surface area contributed by atoms with Crippen LogP contribution in [0.5, 0.6) is 0 Å². The second-order valence-corrected chi connectivity index (χ2v) is 2.77. The molecule has 0 aromatic carbocycles. The highest BCUT2D eigenvalue weighted by Crippen LogP contribution is 2.17. The fourth-order valence-corrected chi connectivity index (χ4v) is 1.51. The van der Waals surface area contributed by atoms with Crippen molar-refractivity contribution >= 4 is 18.4 Å². The largest absolute Gasteiger partial charge is 0.480 e. The van der Waals surface area contributed by atoms with Gasteiger partial charge in [0.05, 0.1) is 6.10 Å². The second-order valence-electron chi connectivity index (χ2n) is 2.77. The minimum atomic E-state index is -0.920. The molecule has 12 heavy (non-hydrogen) atoms. The lowest BCUT2D eigenvalue weighted by Crippen LogP contribution is -2.41. The Balaban J connectivity index is 0.00000121. The Labute approximate surface area is 77.6 Å². The number of hydrogen-bond acceptors (Lipinski definition) is 3. The lowest BCUT2D eigenvalue weighted by Gasteiger charge is -2.19. The predicted molar refractivity (Wildman–Crippen MR) is 46.5 cm³/mol. The molecule has 0 spiro atoms. The Morgan fingerprint density at radius 1 is 1.67 bits per heavy atom. The Morgan fingerprint density at radius 3 is 2.58 bits per heavy atom. The number of carbonyl (C=O) groups is 1. The van der Waals surface area contributed by atoms with E-state index in [1.165, 1.54) is 0 Å². The van der Waals surface area contributed by atoms with Gasteiger partial charge in [0.1, 0.15) is 6.04 Å². The summed E-state index contributed by atoms with van der Waals surface area (Å²) >= 11 is 0. The third-order valence-electron chi connectivity index (χ3n) is 2.13. The zero-order valence-corrected chi connectivity index (χ0v) is 7.75. The summed E-state index contributed by atoms with van der Waals surface area (Å²) in [5.41, 5.74) is 0. The van der Waals surface area contributed by atoms with Crippen molar-refractivity contribution < 1.29 is 15.0 Å². The van der Waals surface area contributed by atoms with Gasteiger partial charge in [0.15, 0.2) is 0 Å². The molecule has 1 heterocycles. The summed E-state index contributed by atoms with van der Waals surface area (Å²) in [5.74, 6) is -0.920. The molecule has 0 radical (unpaired) electrons. The van der Waals surface area contributed by atoms with E-state index < -0.39 is 18.1 Å². The number of aliphatic hydroxyl groups excluding tert-OH is 1. The molecular formula is C7H14ClNO3. The Morgan fingerprint density at radius 2 is 2.25 bits per heavy atom. The van der Waals surface area contributed by atoms with Crippen molar-refractivity contribution in [3.8, 4) is 0 Å². The normalized spacial score (nSPS) is 29.8. The third kappa shape index (κ3) is 2.09. The Bertz CT molecular complexity index is 165. The van der Waals surface area contributed by atoms with Crippen molar-refractivity contribution in [3.63, 3.8) is 0 Å². The number of carboxylic acids is 1. The standard InChI is InChI=1S/C7H13NO3.ClH/c1-2-8-4-3-5(9)6(8)7(10)11;/h5-6,9H,2-4H2,1H3,(H,10,11);1H/t5-,6-;/m0./s1. The first-order valence-corrected chi connectivity index (χ1v) is 3.81. The van der Waals surface area contributed by atoms with Crippen molar-refractivity contribution in [2.24, 2.45) is 0 Å². The number of aliphatic hydroxyl groups is 1. The zero-order chi connectivity index (χ0) is 8.43. The van der Waals surface area contributed by atoms with Crippen LogP contribution in [0.4, 0.5) is 0 Å². The van der Waals surface area contributed by atoms with Crippen molar-refractivity contribution in [3.05, 3.63) is 0 Å². The SMILES string of the molecule is CCN1CC[C@H](O)[C@H]1C(=O)O.Cl. The van der Waals surface area contributed by atoms with Crippen molar-refractivity contribution in [2.75, 3.05) is 13.1 Å². The maximum Gasteiger partial charge on any atom is 0.323 e. The Kier molecular flexibility index (Phi) is 4.52. The van der Waals surface area contributed by atoms with Gasteiger partial charge in [0.25, 0.3) is 0 Å². The van der Waals surface area contributed by atoms with Crippen LogP contribution in [0.2, 0.25) is 0 Å². The Hall–Kier alpha value is -0.320. The van der Waals surface area contributed by atoms with Crippen molar-refractivity contribution in [2.45, 2.75) is 25.5 Å². The van der Waals surface area contributed by atoms with E-state index in [-0.39, 0.29) is 12.4 Å². The average molecular weight is 196 g/mol. The van der Waals surface area contributed by atoms with E-state index in [4.69, 9.17) is 5.11 Å². The van der Waals surface area contributed by atoms with Gasteiger partial charge in [-0.2, -0.15) is 0 Å². The number of nitrogens with zero attached hydrogens (tertiary/aromatic N) is 1. The predicted octanol–water partition coefficient (Wildman–Crippen LogP) is -0.0521. The van der Waals surface area contributed by atoms with Crippen LogP contribution in [0, 0.1) is 0 Å². The van der Waals surface area contributed by atoms with Gasteiger partial charge in [-0.3, -0.25) is 9.69 Å². The number of halogens is 1. The molecule has 1 fully saturated rings. The van der Waals surface area contributed by atoms with Gasteiger partial charge < -0.3 is 10.2 Å². The highest BCUT2D eigenvalue weighted by molar-refractivity contribution is 5.85. The number of likely N-dealkylation sites (tertiary alicyclic amines) is 1. The van der Waals surface area contributed by atoms with E-state index in [2.05, 4.69) is 0 Å². The highest BCUT2D eigenvalue weighted by atomic mass is 35.5. The van der Waals surface area contributed by atoms with Crippen LogP contribution in [0.1, 0.15) is 13.3 Å². The van der Waals surface area contributed by atoms with Crippen LogP contribution in [-0.4, -0.2) is 46.3 Å². The molecule has 0 aromatic rings. The molecule has 2 atom stereocenters. The number of likely N-dealkylation sites (N-methyl/N-ethyl adjacent to an activating group) is 1. The van der Waals surface area contributed by atoms with Crippen molar-refractivity contribution in [1.29, 1.82) is 0 Å². The van der Waals surface area contributed by atoms with Gasteiger partial charge in [-0.1, -0.05) is 6.92 Å². The molecule has 1 saturated heterocycles. The quantitative estimate of drug-likeness (QED) is 0.649. The molecule has 2 N–H and O–H groups in total. The summed E-state index contributed by atoms with van der Waals surface area (Å²) < 4.78 is 0. The number of rotatable bonds is 2. The number of hydrogen-bond donors (Lipinski definition) is 2. The molecule has 0 unspecified atom stereocenters. The first kappa shape index (κ1) is 11.7. The van der Waals surface area contributed by atoms with Crippen LogP contribution in [0.25, 0.3) is 0 Å². The van der Waals surface area contributed by atoms with Crippen LogP contribution < -0.4 is 0 Å². The van der Waals surface area contributed by atoms with Crippen LogP contribution in [0.3, 0.4) is 0 Å². The topological polar surface area (TPSA) is 60.8 Å². The van der Waals surface area contributed by atoms with Gasteiger partial charge in [-0.25, -0.2) is 0 Å². The lowest BCUT2D eigenvalue weighted by molar-refractivity contribution is -0.144. The summed E-state index contributed by atoms with van der Waals surface area (Å²) in [4.78, 5) is 12.4. The molecule has 1 aliphatic rings. The maximum atomic E-state index is 10.6. The van der Waals surface area contributed by atoms with Crippen LogP contribution in [-0.2, 0) is 4.79 Å². The molecule has 0 saturated carbocycles. The summed E-state index contributed by atoms with van der Waals surface area (Å²) in [7, 11) is 0. The molecule has 0 aliphatic carbocycles. The first-order valence-electron chi connectivity index (χ1n) is 3.81. The summed E-state index contributed by atoms with van der Waals surface area (Å²) in [5, 5.41) is 17.9. The van der Waals surface area contributed by atoms with E-state index in [1.807, 2.05) is 6.92 Å². The molecule has 0 amide bonds. The molecular weight excluding hydrogens is 182 g/mol. The molecule has 1 aliphatic heterocycles. The maximum absolute atomic E-state index is 10.6. The number of carboxylic acid groups (broad SMARTS) is 1. The summed E-state index contributed by atoms with van der Waals surface area (Å²) in [6.45, 7) is 3.27. The summed E-state index contributed by atoms with van der Waals surface area (Å²) in [6.07, 6.45) is -0.113. The lowest BCUT2D eigenvalue weighted by atomic mass is 10.2. The monoisotopic (exact) mass is 195 g/mol.